The molecule has 0 spiro atoms. The summed E-state index contributed by atoms with van der Waals surface area (Å²) < 4.78 is 66.9. The number of nitrogens with zero attached hydrogens (tertiary/aromatic N) is 3. The number of carbonyl (C=O) groups is 1. The molecule has 0 radical (unpaired) electrons. The van der Waals surface area contributed by atoms with Crippen molar-refractivity contribution in [3.63, 3.8) is 0 Å². The van der Waals surface area contributed by atoms with Crippen LogP contribution in [0.2, 0.25) is 0 Å². The van der Waals surface area contributed by atoms with E-state index < -0.39 is 35.6 Å². The fourth-order valence-electron chi connectivity index (χ4n) is 3.78. The van der Waals surface area contributed by atoms with Gasteiger partial charge in [-0.3, -0.25) is 9.48 Å². The average Bonchev–Trinajstić information content (AvgIpc) is 3.17. The molecule has 2 heterocycles. The second kappa shape index (κ2) is 9.54. The number of pyridine rings is 1. The topological polar surface area (TPSA) is 59.8 Å². The lowest BCUT2D eigenvalue weighted by Gasteiger charge is -2.31. The third-order valence-electron chi connectivity index (χ3n) is 5.64. The Bertz CT molecular complexity index is 909. The van der Waals surface area contributed by atoms with Crippen LogP contribution in [0.1, 0.15) is 67.0 Å². The zero-order valence-electron chi connectivity index (χ0n) is 17.0. The highest BCUT2D eigenvalue weighted by molar-refractivity contribution is 7.99. The number of nitrogens with one attached hydrogen (secondary N) is 1. The monoisotopic (exact) mass is 462 g/mol. The van der Waals surface area contributed by atoms with E-state index in [0.29, 0.717) is 11.2 Å². The summed E-state index contributed by atoms with van der Waals surface area (Å²) in [4.78, 5) is 15.7. The number of amides is 1. The molecule has 0 aromatic carbocycles. The van der Waals surface area contributed by atoms with Crippen LogP contribution in [0.25, 0.3) is 0 Å². The van der Waals surface area contributed by atoms with Crippen molar-refractivity contribution in [1.82, 2.24) is 14.8 Å². The highest BCUT2D eigenvalue weighted by Gasteiger charge is 2.33. The Morgan fingerprint density at radius 2 is 1.90 bits per heavy atom. The van der Waals surface area contributed by atoms with E-state index in [1.165, 1.54) is 10.9 Å². The highest BCUT2D eigenvalue weighted by Crippen LogP contribution is 2.38. The second-order valence-electron chi connectivity index (χ2n) is 7.58. The van der Waals surface area contributed by atoms with E-state index in [4.69, 9.17) is 0 Å². The SMILES string of the molecule is CSC(C)C1CCC(n2cc(NC(=O)c3cccc(C(F)(F)F)n3)c(C(F)F)n2)CC1. The van der Waals surface area contributed by atoms with Crippen LogP contribution in [0.4, 0.5) is 27.6 Å². The van der Waals surface area contributed by atoms with Gasteiger partial charge < -0.3 is 5.32 Å². The van der Waals surface area contributed by atoms with Crippen molar-refractivity contribution in [2.45, 2.75) is 56.5 Å². The fraction of sp³-hybridized carbons (Fsp3) is 0.550. The van der Waals surface area contributed by atoms with Crippen molar-refractivity contribution in [2.75, 3.05) is 11.6 Å². The summed E-state index contributed by atoms with van der Waals surface area (Å²) >= 11 is 1.80. The average molecular weight is 462 g/mol. The van der Waals surface area contributed by atoms with Crippen molar-refractivity contribution in [1.29, 1.82) is 0 Å². The van der Waals surface area contributed by atoms with Crippen LogP contribution < -0.4 is 5.32 Å². The lowest BCUT2D eigenvalue weighted by Crippen LogP contribution is -2.23. The van der Waals surface area contributed by atoms with Crippen LogP contribution in [0.15, 0.2) is 24.4 Å². The quantitative estimate of drug-likeness (QED) is 0.538. The first-order valence-electron chi connectivity index (χ1n) is 9.85. The van der Waals surface area contributed by atoms with E-state index in [1.807, 2.05) is 0 Å². The van der Waals surface area contributed by atoms with Gasteiger partial charge in [0.25, 0.3) is 12.3 Å². The van der Waals surface area contributed by atoms with Crippen LogP contribution in [0.3, 0.4) is 0 Å². The molecule has 0 saturated heterocycles. The van der Waals surface area contributed by atoms with Gasteiger partial charge in [-0.25, -0.2) is 13.8 Å². The third kappa shape index (κ3) is 5.55. The summed E-state index contributed by atoms with van der Waals surface area (Å²) in [6.07, 6.45) is -0.811. The molecule has 1 aliphatic rings. The molecule has 1 aliphatic carbocycles. The molecule has 170 valence electrons. The zero-order valence-corrected chi connectivity index (χ0v) is 17.8. The predicted molar refractivity (Wildman–Crippen MR) is 108 cm³/mol. The van der Waals surface area contributed by atoms with Gasteiger partial charge in [-0.2, -0.15) is 30.0 Å². The number of hydrogen-bond donors (Lipinski definition) is 1. The molecule has 3 rings (SSSR count). The summed E-state index contributed by atoms with van der Waals surface area (Å²) in [7, 11) is 0. The smallest absolute Gasteiger partial charge is 0.318 e. The van der Waals surface area contributed by atoms with Gasteiger partial charge in [-0.05, 0) is 50.0 Å². The molecule has 1 atom stereocenters. The van der Waals surface area contributed by atoms with Gasteiger partial charge in [0.15, 0.2) is 5.69 Å². The van der Waals surface area contributed by atoms with E-state index >= 15 is 0 Å². The third-order valence-corrected chi connectivity index (χ3v) is 6.77. The largest absolute Gasteiger partial charge is 0.433 e. The molecule has 1 fully saturated rings. The van der Waals surface area contributed by atoms with Crippen molar-refractivity contribution in [3.05, 3.63) is 41.5 Å². The Labute approximate surface area is 180 Å². The lowest BCUT2D eigenvalue weighted by molar-refractivity contribution is -0.141. The maximum Gasteiger partial charge on any atom is 0.433 e. The number of thioether (sulfide) groups is 1. The van der Waals surface area contributed by atoms with Gasteiger partial charge in [0.2, 0.25) is 0 Å². The predicted octanol–water partition coefficient (Wildman–Crippen LogP) is 5.97. The Morgan fingerprint density at radius 1 is 1.23 bits per heavy atom. The minimum atomic E-state index is -4.72. The molecule has 1 saturated carbocycles. The fourth-order valence-corrected chi connectivity index (χ4v) is 4.44. The number of halogens is 5. The summed E-state index contributed by atoms with van der Waals surface area (Å²) in [5, 5.41) is 6.74. The molecular formula is C20H23F5N4OS. The second-order valence-corrected chi connectivity index (χ2v) is 8.79. The van der Waals surface area contributed by atoms with E-state index in [9.17, 15) is 26.7 Å². The molecule has 11 heteroatoms. The standard InChI is InChI=1S/C20H23F5N4OS/c1-11(31-2)12-6-8-13(9-7-12)29-10-15(17(28-29)18(21)22)27-19(30)14-4-3-5-16(26-14)20(23,24)25/h3-5,10-13,18H,6-9H2,1-2H3,(H,27,30). The van der Waals surface area contributed by atoms with Gasteiger partial charge in [-0.1, -0.05) is 13.0 Å². The number of anilines is 1. The van der Waals surface area contributed by atoms with Crippen LogP contribution in [-0.4, -0.2) is 32.2 Å². The first-order chi connectivity index (χ1) is 14.6. The van der Waals surface area contributed by atoms with Crippen molar-refractivity contribution in [2.24, 2.45) is 5.92 Å². The molecule has 1 amide bonds. The number of alkyl halides is 5. The van der Waals surface area contributed by atoms with Crippen molar-refractivity contribution < 1.29 is 26.7 Å². The molecule has 2 aromatic heterocycles. The number of aromatic nitrogens is 3. The van der Waals surface area contributed by atoms with E-state index in [0.717, 1.165) is 43.9 Å². The maximum absolute atomic E-state index is 13.5. The summed E-state index contributed by atoms with van der Waals surface area (Å²) in [6, 6.07) is 2.79. The minimum absolute atomic E-state index is 0.0693. The van der Waals surface area contributed by atoms with Crippen LogP contribution in [0.5, 0.6) is 0 Å². The summed E-state index contributed by atoms with van der Waals surface area (Å²) in [5.74, 6) is -0.451. The highest BCUT2D eigenvalue weighted by atomic mass is 32.2. The molecule has 2 aromatic rings. The van der Waals surface area contributed by atoms with Crippen LogP contribution in [0, 0.1) is 5.92 Å². The Hall–Kier alpha value is -2.17. The van der Waals surface area contributed by atoms with Gasteiger partial charge >= 0.3 is 6.18 Å². The van der Waals surface area contributed by atoms with E-state index in [2.05, 4.69) is 28.6 Å². The molecule has 0 bridgehead atoms. The molecule has 1 N–H and O–H groups in total. The number of carbonyl (C=O) groups excluding carboxylic acids is 1. The Kier molecular flexibility index (Phi) is 7.23. The van der Waals surface area contributed by atoms with E-state index in [1.54, 1.807) is 11.8 Å². The van der Waals surface area contributed by atoms with Crippen LogP contribution in [-0.2, 0) is 6.18 Å². The van der Waals surface area contributed by atoms with Crippen molar-refractivity contribution in [3.8, 4) is 0 Å². The number of hydrogen-bond acceptors (Lipinski definition) is 4. The Balaban J connectivity index is 1.76. The number of rotatable bonds is 6. The summed E-state index contributed by atoms with van der Waals surface area (Å²) in [6.45, 7) is 2.17. The van der Waals surface area contributed by atoms with Crippen LogP contribution >= 0.6 is 11.8 Å². The summed E-state index contributed by atoms with van der Waals surface area (Å²) in [5.41, 5.74) is -2.59. The maximum atomic E-state index is 13.5. The van der Waals surface area contributed by atoms with Gasteiger partial charge in [0, 0.05) is 11.4 Å². The zero-order chi connectivity index (χ0) is 22.8. The van der Waals surface area contributed by atoms with Gasteiger partial charge in [0.1, 0.15) is 11.4 Å². The van der Waals surface area contributed by atoms with Crippen molar-refractivity contribution >= 4 is 23.4 Å². The lowest BCUT2D eigenvalue weighted by atomic mass is 9.84. The van der Waals surface area contributed by atoms with E-state index in [-0.39, 0.29) is 11.7 Å². The molecule has 31 heavy (non-hydrogen) atoms. The first-order valence-corrected chi connectivity index (χ1v) is 11.1. The molecular weight excluding hydrogens is 439 g/mol. The molecule has 1 unspecified atom stereocenters. The first kappa shape index (κ1) is 23.5. The van der Waals surface area contributed by atoms with Gasteiger partial charge in [0.05, 0.1) is 11.7 Å². The van der Waals surface area contributed by atoms with Gasteiger partial charge in [-0.15, -0.1) is 0 Å². The molecule has 0 aliphatic heterocycles. The Morgan fingerprint density at radius 3 is 2.48 bits per heavy atom. The minimum Gasteiger partial charge on any atom is -0.318 e. The normalized spacial score (nSPS) is 20.6. The molecule has 5 nitrogen and oxygen atoms in total.